The van der Waals surface area contributed by atoms with Crippen molar-refractivity contribution in [1.82, 2.24) is 20.2 Å². The van der Waals surface area contributed by atoms with Crippen LogP contribution in [0.3, 0.4) is 0 Å². The minimum atomic E-state index is 0.134. The fraction of sp³-hybridized carbons (Fsp3) is 0.435. The molecule has 0 radical (unpaired) electrons. The number of piperazine rings is 1. The van der Waals surface area contributed by atoms with E-state index in [1.807, 2.05) is 16.8 Å². The molecule has 0 spiro atoms. The largest absolute Gasteiger partial charge is 0.323 e. The van der Waals surface area contributed by atoms with Crippen LogP contribution in [0, 0.1) is 0 Å². The van der Waals surface area contributed by atoms with Crippen LogP contribution in [-0.4, -0.2) is 52.4 Å². The van der Waals surface area contributed by atoms with Crippen LogP contribution in [-0.2, 0) is 13.0 Å². The Hall–Kier alpha value is -2.28. The predicted molar refractivity (Wildman–Crippen MR) is 116 cm³/mol. The number of tetrazole rings is 1. The van der Waals surface area contributed by atoms with Gasteiger partial charge >= 0.3 is 0 Å². The zero-order chi connectivity index (χ0) is 20.3. The SMILES string of the molecule is Clc1ccc([C@@H](c2nnnn2CCc2ccccc2)[NH+]2CC[NH+]3CCC[C@@H]3C2)cc1. The highest BCUT2D eigenvalue weighted by molar-refractivity contribution is 6.30. The van der Waals surface area contributed by atoms with Crippen molar-refractivity contribution in [2.75, 3.05) is 26.2 Å². The lowest BCUT2D eigenvalue weighted by Crippen LogP contribution is -3.29. The highest BCUT2D eigenvalue weighted by Gasteiger charge is 2.42. The van der Waals surface area contributed by atoms with E-state index in [-0.39, 0.29) is 6.04 Å². The van der Waals surface area contributed by atoms with E-state index >= 15 is 0 Å². The van der Waals surface area contributed by atoms with Crippen LogP contribution in [0.4, 0.5) is 0 Å². The molecule has 4 atom stereocenters. The van der Waals surface area contributed by atoms with Crippen LogP contribution in [0.2, 0.25) is 5.02 Å². The Morgan fingerprint density at radius 1 is 1.03 bits per heavy atom. The molecule has 2 unspecified atom stereocenters. The van der Waals surface area contributed by atoms with Crippen LogP contribution in [0.5, 0.6) is 0 Å². The van der Waals surface area contributed by atoms with Gasteiger partial charge in [0.2, 0.25) is 5.82 Å². The molecule has 30 heavy (non-hydrogen) atoms. The maximum atomic E-state index is 6.19. The molecule has 2 aromatic carbocycles. The van der Waals surface area contributed by atoms with E-state index in [4.69, 9.17) is 11.6 Å². The smallest absolute Gasteiger partial charge is 0.214 e. The van der Waals surface area contributed by atoms with Gasteiger partial charge in [-0.3, -0.25) is 0 Å². The van der Waals surface area contributed by atoms with Gasteiger partial charge in [0.15, 0.2) is 6.04 Å². The summed E-state index contributed by atoms with van der Waals surface area (Å²) in [6, 6.07) is 19.7. The standard InChI is InChI=1S/C23H27ClN6/c24-20-10-8-19(9-11-20)22(29-16-15-28-13-4-7-21(28)17-29)23-25-26-27-30(23)14-12-18-5-2-1-3-6-18/h1-3,5-6,8-11,21-22H,4,7,12-17H2/p+2/t21-,22+/m1/s1. The zero-order valence-electron chi connectivity index (χ0n) is 17.2. The quantitative estimate of drug-likeness (QED) is 0.609. The molecule has 1 aromatic heterocycles. The number of rotatable bonds is 6. The Morgan fingerprint density at radius 3 is 2.70 bits per heavy atom. The maximum Gasteiger partial charge on any atom is 0.214 e. The third kappa shape index (κ3) is 4.13. The molecule has 7 heteroatoms. The van der Waals surface area contributed by atoms with Gasteiger partial charge in [-0.2, -0.15) is 0 Å². The minimum absolute atomic E-state index is 0.134. The summed E-state index contributed by atoms with van der Waals surface area (Å²) < 4.78 is 2.01. The third-order valence-electron chi connectivity index (χ3n) is 6.79. The first-order chi connectivity index (χ1) is 14.8. The fourth-order valence-electron chi connectivity index (χ4n) is 5.24. The van der Waals surface area contributed by atoms with E-state index in [1.54, 1.807) is 9.80 Å². The summed E-state index contributed by atoms with van der Waals surface area (Å²) in [5, 5.41) is 13.7. The summed E-state index contributed by atoms with van der Waals surface area (Å²) in [5.41, 5.74) is 2.55. The van der Waals surface area contributed by atoms with Gasteiger partial charge in [0.1, 0.15) is 25.7 Å². The molecule has 2 N–H and O–H groups in total. The molecule has 5 rings (SSSR count). The van der Waals surface area contributed by atoms with E-state index in [1.165, 1.54) is 43.6 Å². The highest BCUT2D eigenvalue weighted by atomic mass is 35.5. The first kappa shape index (κ1) is 19.7. The lowest BCUT2D eigenvalue weighted by atomic mass is 10.0. The van der Waals surface area contributed by atoms with Crippen molar-refractivity contribution in [1.29, 1.82) is 0 Å². The summed E-state index contributed by atoms with van der Waals surface area (Å²) in [6.07, 6.45) is 3.61. The van der Waals surface area contributed by atoms with E-state index in [2.05, 4.69) is 58.0 Å². The van der Waals surface area contributed by atoms with Gasteiger partial charge in [-0.15, -0.1) is 5.10 Å². The summed E-state index contributed by atoms with van der Waals surface area (Å²) >= 11 is 6.19. The molecule has 0 bridgehead atoms. The summed E-state index contributed by atoms with van der Waals surface area (Å²) in [7, 11) is 0. The molecule has 2 aliphatic rings. The monoisotopic (exact) mass is 424 g/mol. The fourth-order valence-corrected chi connectivity index (χ4v) is 5.37. The van der Waals surface area contributed by atoms with Crippen molar-refractivity contribution in [3.8, 4) is 0 Å². The topological polar surface area (TPSA) is 52.5 Å². The average Bonchev–Trinajstić information content (AvgIpc) is 3.44. The van der Waals surface area contributed by atoms with Crippen molar-refractivity contribution in [2.24, 2.45) is 0 Å². The predicted octanol–water partition coefficient (Wildman–Crippen LogP) is 0.604. The van der Waals surface area contributed by atoms with Gasteiger partial charge in [-0.05, 0) is 34.5 Å². The molecule has 2 fully saturated rings. The molecule has 156 valence electrons. The normalized spacial score (nSPS) is 24.5. The Bertz CT molecular complexity index is 957. The van der Waals surface area contributed by atoms with E-state index in [0.29, 0.717) is 0 Å². The van der Waals surface area contributed by atoms with E-state index in [0.717, 1.165) is 36.4 Å². The van der Waals surface area contributed by atoms with Crippen LogP contribution in [0.25, 0.3) is 0 Å². The van der Waals surface area contributed by atoms with Crippen molar-refractivity contribution in [3.63, 3.8) is 0 Å². The molecular formula is C23H29ClN6+2. The molecule has 0 amide bonds. The van der Waals surface area contributed by atoms with Crippen LogP contribution >= 0.6 is 11.6 Å². The average molecular weight is 425 g/mol. The number of aryl methyl sites for hydroxylation is 2. The molecule has 0 saturated carbocycles. The summed E-state index contributed by atoms with van der Waals surface area (Å²) in [4.78, 5) is 3.36. The van der Waals surface area contributed by atoms with Crippen molar-refractivity contribution < 1.29 is 9.80 Å². The van der Waals surface area contributed by atoms with Crippen molar-refractivity contribution in [2.45, 2.75) is 37.9 Å². The van der Waals surface area contributed by atoms with Gasteiger partial charge in [0.25, 0.3) is 0 Å². The second-order valence-electron chi connectivity index (χ2n) is 8.59. The number of halogens is 1. The van der Waals surface area contributed by atoms with Crippen LogP contribution in [0.15, 0.2) is 54.6 Å². The van der Waals surface area contributed by atoms with Gasteiger partial charge in [-0.1, -0.05) is 54.1 Å². The number of nitrogens with zero attached hydrogens (tertiary/aromatic N) is 4. The Balaban J connectivity index is 1.43. The Morgan fingerprint density at radius 2 is 1.87 bits per heavy atom. The first-order valence-corrected chi connectivity index (χ1v) is 11.4. The summed E-state index contributed by atoms with van der Waals surface area (Å²) in [6.45, 7) is 5.66. The number of quaternary nitrogens is 2. The van der Waals surface area contributed by atoms with E-state index < -0.39 is 0 Å². The van der Waals surface area contributed by atoms with Gasteiger partial charge in [-0.25, -0.2) is 4.68 Å². The number of hydrogen-bond acceptors (Lipinski definition) is 3. The number of nitrogens with one attached hydrogen (secondary N) is 2. The number of benzene rings is 2. The molecule has 2 aliphatic heterocycles. The van der Waals surface area contributed by atoms with Gasteiger partial charge < -0.3 is 9.80 Å². The molecule has 3 aromatic rings. The van der Waals surface area contributed by atoms with Gasteiger partial charge in [0, 0.05) is 30.0 Å². The molecule has 0 aliphatic carbocycles. The Labute approximate surface area is 182 Å². The third-order valence-corrected chi connectivity index (χ3v) is 7.04. The summed E-state index contributed by atoms with van der Waals surface area (Å²) in [5.74, 6) is 0.963. The van der Waals surface area contributed by atoms with E-state index in [9.17, 15) is 0 Å². The molecule has 2 saturated heterocycles. The highest BCUT2D eigenvalue weighted by Crippen LogP contribution is 2.20. The first-order valence-electron chi connectivity index (χ1n) is 11.0. The lowest BCUT2D eigenvalue weighted by Gasteiger charge is -2.36. The number of aromatic nitrogens is 4. The Kier molecular flexibility index (Phi) is 5.79. The number of fused-ring (bicyclic) bond motifs is 1. The molecule has 3 heterocycles. The second-order valence-corrected chi connectivity index (χ2v) is 9.03. The minimum Gasteiger partial charge on any atom is -0.323 e. The van der Waals surface area contributed by atoms with Crippen LogP contribution < -0.4 is 9.80 Å². The second kappa shape index (κ2) is 8.84. The zero-order valence-corrected chi connectivity index (χ0v) is 17.9. The number of hydrogen-bond donors (Lipinski definition) is 2. The van der Waals surface area contributed by atoms with Crippen LogP contribution in [0.1, 0.15) is 35.8 Å². The maximum absolute atomic E-state index is 6.19. The molecular weight excluding hydrogens is 396 g/mol. The van der Waals surface area contributed by atoms with Crippen molar-refractivity contribution in [3.05, 3.63) is 76.6 Å². The van der Waals surface area contributed by atoms with Crippen molar-refractivity contribution >= 4 is 11.6 Å². The molecule has 6 nitrogen and oxygen atoms in total. The van der Waals surface area contributed by atoms with Gasteiger partial charge in [0.05, 0.1) is 6.54 Å². The lowest BCUT2D eigenvalue weighted by molar-refractivity contribution is -1.03.